The fourth-order valence-corrected chi connectivity index (χ4v) is 1.66. The van der Waals surface area contributed by atoms with Gasteiger partial charge in [-0.2, -0.15) is 5.10 Å². The highest BCUT2D eigenvalue weighted by Gasteiger charge is 2.12. The summed E-state index contributed by atoms with van der Waals surface area (Å²) in [4.78, 5) is 0. The van der Waals surface area contributed by atoms with E-state index in [2.05, 4.69) is 10.2 Å². The fourth-order valence-electron chi connectivity index (χ4n) is 1.66. The maximum atomic E-state index is 13.1. The molecule has 0 aliphatic heterocycles. The summed E-state index contributed by atoms with van der Waals surface area (Å²) in [6.45, 7) is 3.84. The minimum absolute atomic E-state index is 0.0183. The van der Waals surface area contributed by atoms with Crippen molar-refractivity contribution in [3.8, 4) is 11.6 Å². The second-order valence-electron chi connectivity index (χ2n) is 4.11. The molecule has 0 atom stereocenters. The number of ether oxygens (including phenoxy) is 1. The zero-order chi connectivity index (χ0) is 14.0. The van der Waals surface area contributed by atoms with Crippen molar-refractivity contribution in [1.82, 2.24) is 10.2 Å². The molecule has 0 fully saturated rings. The van der Waals surface area contributed by atoms with Gasteiger partial charge in [-0.05, 0) is 19.4 Å². The molecular formula is C13H13F2N3O. The third-order valence-electron chi connectivity index (χ3n) is 2.80. The summed E-state index contributed by atoms with van der Waals surface area (Å²) in [6.07, 6.45) is 0. The normalized spacial score (nSPS) is 10.6. The van der Waals surface area contributed by atoms with Gasteiger partial charge < -0.3 is 10.5 Å². The van der Waals surface area contributed by atoms with Gasteiger partial charge >= 0.3 is 0 Å². The average molecular weight is 265 g/mol. The summed E-state index contributed by atoms with van der Waals surface area (Å²) in [5.41, 5.74) is 7.89. The first-order valence-corrected chi connectivity index (χ1v) is 5.68. The summed E-state index contributed by atoms with van der Waals surface area (Å²) in [6, 6.07) is 2.91. The van der Waals surface area contributed by atoms with E-state index in [1.54, 1.807) is 6.92 Å². The number of nitrogens with two attached hydrogens (primary N) is 1. The van der Waals surface area contributed by atoms with Crippen LogP contribution in [0.25, 0.3) is 0 Å². The van der Waals surface area contributed by atoms with Crippen LogP contribution in [-0.2, 0) is 6.54 Å². The predicted molar refractivity (Wildman–Crippen MR) is 65.8 cm³/mol. The summed E-state index contributed by atoms with van der Waals surface area (Å²) in [5, 5.41) is 7.78. The van der Waals surface area contributed by atoms with Gasteiger partial charge in [0, 0.05) is 30.3 Å². The fraction of sp³-hybridized carbons (Fsp3) is 0.231. The second kappa shape index (κ2) is 5.27. The molecule has 1 aromatic carbocycles. The minimum atomic E-state index is -0.721. The van der Waals surface area contributed by atoms with Gasteiger partial charge in [0.1, 0.15) is 17.4 Å². The molecule has 2 aromatic rings. The van der Waals surface area contributed by atoms with Crippen LogP contribution in [0, 0.1) is 25.5 Å². The molecule has 0 spiro atoms. The lowest BCUT2D eigenvalue weighted by atomic mass is 10.1. The molecule has 0 aliphatic carbocycles. The highest BCUT2D eigenvalue weighted by Crippen LogP contribution is 2.26. The smallest absolute Gasteiger partial charge is 0.243 e. The first kappa shape index (κ1) is 13.4. The SMILES string of the molecule is Cc1nnc(Oc2cc(F)cc(F)c2)c(CN)c1C. The van der Waals surface area contributed by atoms with Crippen molar-refractivity contribution in [3.05, 3.63) is 46.7 Å². The van der Waals surface area contributed by atoms with Crippen LogP contribution >= 0.6 is 0 Å². The summed E-state index contributed by atoms with van der Waals surface area (Å²) < 4.78 is 31.5. The zero-order valence-corrected chi connectivity index (χ0v) is 10.6. The molecule has 1 heterocycles. The van der Waals surface area contributed by atoms with E-state index in [4.69, 9.17) is 10.5 Å². The molecule has 0 unspecified atom stereocenters. The molecule has 0 radical (unpaired) electrons. The largest absolute Gasteiger partial charge is 0.437 e. The zero-order valence-electron chi connectivity index (χ0n) is 10.6. The van der Waals surface area contributed by atoms with E-state index in [-0.39, 0.29) is 18.2 Å². The topological polar surface area (TPSA) is 61.0 Å². The van der Waals surface area contributed by atoms with Crippen LogP contribution in [0.4, 0.5) is 8.78 Å². The van der Waals surface area contributed by atoms with Gasteiger partial charge in [-0.3, -0.25) is 0 Å². The van der Waals surface area contributed by atoms with Crippen molar-refractivity contribution in [2.45, 2.75) is 20.4 Å². The van der Waals surface area contributed by atoms with Crippen LogP contribution in [0.1, 0.15) is 16.8 Å². The molecule has 100 valence electrons. The van der Waals surface area contributed by atoms with Crippen molar-refractivity contribution >= 4 is 0 Å². The Morgan fingerprint density at radius 2 is 1.74 bits per heavy atom. The van der Waals surface area contributed by atoms with E-state index in [1.807, 2.05) is 6.92 Å². The molecule has 1 aromatic heterocycles. The van der Waals surface area contributed by atoms with E-state index in [0.717, 1.165) is 29.5 Å². The number of benzene rings is 1. The van der Waals surface area contributed by atoms with Crippen LogP contribution in [0.15, 0.2) is 18.2 Å². The molecule has 0 bridgehead atoms. The third-order valence-corrected chi connectivity index (χ3v) is 2.80. The molecule has 0 amide bonds. The van der Waals surface area contributed by atoms with E-state index >= 15 is 0 Å². The van der Waals surface area contributed by atoms with E-state index in [1.165, 1.54) is 0 Å². The van der Waals surface area contributed by atoms with Gasteiger partial charge in [0.25, 0.3) is 0 Å². The lowest BCUT2D eigenvalue weighted by Crippen LogP contribution is -2.07. The standard InChI is InChI=1S/C13H13F2N3O/c1-7-8(2)17-18-13(12(7)6-16)19-11-4-9(14)3-10(15)5-11/h3-5H,6,16H2,1-2H3. The van der Waals surface area contributed by atoms with Crippen LogP contribution in [0.3, 0.4) is 0 Å². The van der Waals surface area contributed by atoms with Crippen molar-refractivity contribution in [2.24, 2.45) is 5.73 Å². The summed E-state index contributed by atoms with van der Waals surface area (Å²) >= 11 is 0. The quantitative estimate of drug-likeness (QED) is 0.926. The number of aryl methyl sites for hydroxylation is 1. The number of halogens is 2. The lowest BCUT2D eigenvalue weighted by molar-refractivity contribution is 0.437. The van der Waals surface area contributed by atoms with Crippen LogP contribution in [0.2, 0.25) is 0 Å². The maximum Gasteiger partial charge on any atom is 0.243 e. The Hall–Kier alpha value is -2.08. The Morgan fingerprint density at radius 1 is 1.11 bits per heavy atom. The monoisotopic (exact) mass is 265 g/mol. The predicted octanol–water partition coefficient (Wildman–Crippen LogP) is 2.62. The first-order valence-electron chi connectivity index (χ1n) is 5.68. The number of rotatable bonds is 3. The van der Waals surface area contributed by atoms with Crippen LogP contribution in [0.5, 0.6) is 11.6 Å². The van der Waals surface area contributed by atoms with Gasteiger partial charge in [0.2, 0.25) is 5.88 Å². The van der Waals surface area contributed by atoms with Gasteiger partial charge in [-0.1, -0.05) is 0 Å². The molecule has 4 nitrogen and oxygen atoms in total. The molecule has 19 heavy (non-hydrogen) atoms. The Bertz CT molecular complexity index is 597. The lowest BCUT2D eigenvalue weighted by Gasteiger charge is -2.11. The van der Waals surface area contributed by atoms with Crippen LogP contribution < -0.4 is 10.5 Å². The first-order chi connectivity index (χ1) is 9.01. The molecule has 0 saturated heterocycles. The van der Waals surface area contributed by atoms with E-state index in [0.29, 0.717) is 5.56 Å². The van der Waals surface area contributed by atoms with Gasteiger partial charge in [0.15, 0.2) is 0 Å². The van der Waals surface area contributed by atoms with Crippen molar-refractivity contribution in [2.75, 3.05) is 0 Å². The number of hydrogen-bond acceptors (Lipinski definition) is 4. The Kier molecular flexibility index (Phi) is 3.71. The Balaban J connectivity index is 2.40. The molecular weight excluding hydrogens is 252 g/mol. The molecule has 0 aliphatic rings. The third kappa shape index (κ3) is 2.85. The summed E-state index contributed by atoms with van der Waals surface area (Å²) in [5.74, 6) is -1.26. The molecule has 6 heteroatoms. The van der Waals surface area contributed by atoms with Crippen molar-refractivity contribution in [1.29, 1.82) is 0 Å². The number of hydrogen-bond donors (Lipinski definition) is 1. The highest BCUT2D eigenvalue weighted by molar-refractivity contribution is 5.38. The van der Waals surface area contributed by atoms with Gasteiger partial charge in [-0.15, -0.1) is 5.10 Å². The Labute approximate surface area is 109 Å². The number of aromatic nitrogens is 2. The van der Waals surface area contributed by atoms with Gasteiger partial charge in [0.05, 0.1) is 5.69 Å². The van der Waals surface area contributed by atoms with Crippen molar-refractivity contribution in [3.63, 3.8) is 0 Å². The van der Waals surface area contributed by atoms with Gasteiger partial charge in [-0.25, -0.2) is 8.78 Å². The molecule has 2 N–H and O–H groups in total. The van der Waals surface area contributed by atoms with Crippen molar-refractivity contribution < 1.29 is 13.5 Å². The maximum absolute atomic E-state index is 13.1. The minimum Gasteiger partial charge on any atom is -0.437 e. The molecule has 0 saturated carbocycles. The molecule has 2 rings (SSSR count). The van der Waals surface area contributed by atoms with Crippen LogP contribution in [-0.4, -0.2) is 10.2 Å². The average Bonchev–Trinajstić information content (AvgIpc) is 2.33. The number of nitrogens with zero attached hydrogens (tertiary/aromatic N) is 2. The van der Waals surface area contributed by atoms with E-state index in [9.17, 15) is 8.78 Å². The highest BCUT2D eigenvalue weighted by atomic mass is 19.1. The summed E-state index contributed by atoms with van der Waals surface area (Å²) in [7, 11) is 0. The Morgan fingerprint density at radius 3 is 2.32 bits per heavy atom. The second-order valence-corrected chi connectivity index (χ2v) is 4.11. The van der Waals surface area contributed by atoms with E-state index < -0.39 is 11.6 Å².